The standard InChI is InChI=1S/C19H32BrN/c1-4-7-15-21(18-11-9-8-10-12-18)17-19(16-20,13-5-2)14-6-3/h8-12H,4-7,13-17H2,1-3H3. The molecule has 120 valence electrons. The molecule has 1 nitrogen and oxygen atoms in total. The van der Waals surface area contributed by atoms with Crippen molar-refractivity contribution in [2.24, 2.45) is 5.41 Å². The molecule has 0 aromatic heterocycles. The van der Waals surface area contributed by atoms with Crippen LogP contribution in [-0.2, 0) is 0 Å². The van der Waals surface area contributed by atoms with E-state index in [0.29, 0.717) is 5.41 Å². The minimum Gasteiger partial charge on any atom is -0.371 e. The zero-order valence-corrected chi connectivity index (χ0v) is 15.7. The number of unbranched alkanes of at least 4 members (excludes halogenated alkanes) is 1. The van der Waals surface area contributed by atoms with Crippen LogP contribution in [0.15, 0.2) is 30.3 Å². The van der Waals surface area contributed by atoms with Crippen molar-refractivity contribution < 1.29 is 0 Å². The predicted octanol–water partition coefficient (Wildman–Crippen LogP) is 6.27. The van der Waals surface area contributed by atoms with Gasteiger partial charge in [0, 0.05) is 24.1 Å². The monoisotopic (exact) mass is 353 g/mol. The highest BCUT2D eigenvalue weighted by atomic mass is 79.9. The zero-order valence-electron chi connectivity index (χ0n) is 14.1. The average molecular weight is 354 g/mol. The largest absolute Gasteiger partial charge is 0.371 e. The van der Waals surface area contributed by atoms with Gasteiger partial charge in [0.15, 0.2) is 0 Å². The molecule has 2 heteroatoms. The minimum atomic E-state index is 0.410. The maximum Gasteiger partial charge on any atom is 0.0366 e. The van der Waals surface area contributed by atoms with E-state index in [0.717, 1.165) is 5.33 Å². The molecule has 0 bridgehead atoms. The summed E-state index contributed by atoms with van der Waals surface area (Å²) < 4.78 is 0. The summed E-state index contributed by atoms with van der Waals surface area (Å²) in [5, 5.41) is 1.11. The lowest BCUT2D eigenvalue weighted by Crippen LogP contribution is -2.39. The lowest BCUT2D eigenvalue weighted by atomic mass is 9.80. The lowest BCUT2D eigenvalue weighted by Gasteiger charge is -2.38. The van der Waals surface area contributed by atoms with Crippen LogP contribution in [0.4, 0.5) is 5.69 Å². The Morgan fingerprint density at radius 1 is 0.952 bits per heavy atom. The van der Waals surface area contributed by atoms with E-state index in [-0.39, 0.29) is 0 Å². The molecule has 0 radical (unpaired) electrons. The molecule has 21 heavy (non-hydrogen) atoms. The third-order valence-electron chi connectivity index (χ3n) is 4.27. The fourth-order valence-electron chi connectivity index (χ4n) is 3.21. The summed E-state index contributed by atoms with van der Waals surface area (Å²) in [7, 11) is 0. The van der Waals surface area contributed by atoms with Crippen LogP contribution < -0.4 is 4.90 Å². The van der Waals surface area contributed by atoms with Gasteiger partial charge in [0.1, 0.15) is 0 Å². The van der Waals surface area contributed by atoms with Crippen molar-refractivity contribution in [2.45, 2.75) is 59.3 Å². The van der Waals surface area contributed by atoms with Crippen LogP contribution in [0.1, 0.15) is 59.3 Å². The number of benzene rings is 1. The highest BCUT2D eigenvalue weighted by molar-refractivity contribution is 9.09. The molecule has 1 aromatic carbocycles. The van der Waals surface area contributed by atoms with Crippen LogP contribution in [0.2, 0.25) is 0 Å². The Kier molecular flexibility index (Phi) is 9.07. The maximum absolute atomic E-state index is 3.82. The second-order valence-corrected chi connectivity index (χ2v) is 6.81. The molecular formula is C19H32BrN. The van der Waals surface area contributed by atoms with Gasteiger partial charge in [-0.25, -0.2) is 0 Å². The molecule has 0 fully saturated rings. The summed E-state index contributed by atoms with van der Waals surface area (Å²) in [4.78, 5) is 2.61. The minimum absolute atomic E-state index is 0.410. The van der Waals surface area contributed by atoms with Crippen LogP contribution in [0, 0.1) is 5.41 Å². The van der Waals surface area contributed by atoms with Crippen LogP contribution in [0.5, 0.6) is 0 Å². The molecule has 0 aliphatic rings. The molecule has 0 aliphatic heterocycles. The van der Waals surface area contributed by atoms with Gasteiger partial charge in [-0.2, -0.15) is 0 Å². The third-order valence-corrected chi connectivity index (χ3v) is 5.46. The third kappa shape index (κ3) is 6.02. The van der Waals surface area contributed by atoms with Crippen molar-refractivity contribution in [3.63, 3.8) is 0 Å². The number of rotatable bonds is 11. The number of nitrogens with zero attached hydrogens (tertiary/aromatic N) is 1. The van der Waals surface area contributed by atoms with Crippen molar-refractivity contribution in [3.05, 3.63) is 30.3 Å². The molecule has 0 saturated carbocycles. The summed E-state index contributed by atoms with van der Waals surface area (Å²) >= 11 is 3.82. The Labute approximate surface area is 140 Å². The normalized spacial score (nSPS) is 11.6. The summed E-state index contributed by atoms with van der Waals surface area (Å²) in [6.45, 7) is 9.24. The molecule has 0 amide bonds. The van der Waals surface area contributed by atoms with Crippen molar-refractivity contribution >= 4 is 21.6 Å². The highest BCUT2D eigenvalue weighted by Gasteiger charge is 2.29. The molecule has 0 unspecified atom stereocenters. The van der Waals surface area contributed by atoms with E-state index in [1.807, 2.05) is 0 Å². The first kappa shape index (κ1) is 18.5. The second-order valence-electron chi connectivity index (χ2n) is 6.24. The Hall–Kier alpha value is -0.500. The first-order valence-electron chi connectivity index (χ1n) is 8.57. The quantitative estimate of drug-likeness (QED) is 0.423. The number of hydrogen-bond acceptors (Lipinski definition) is 1. The van der Waals surface area contributed by atoms with E-state index in [2.05, 4.69) is 71.9 Å². The molecule has 0 aliphatic carbocycles. The van der Waals surface area contributed by atoms with E-state index in [4.69, 9.17) is 0 Å². The van der Waals surface area contributed by atoms with E-state index < -0.39 is 0 Å². The number of halogens is 1. The summed E-state index contributed by atoms with van der Waals surface area (Å²) in [5.74, 6) is 0. The fraction of sp³-hybridized carbons (Fsp3) is 0.684. The lowest BCUT2D eigenvalue weighted by molar-refractivity contribution is 0.279. The molecule has 1 rings (SSSR count). The first-order chi connectivity index (χ1) is 10.2. The van der Waals surface area contributed by atoms with Crippen molar-refractivity contribution in [1.29, 1.82) is 0 Å². The van der Waals surface area contributed by atoms with Crippen molar-refractivity contribution in [1.82, 2.24) is 0 Å². The topological polar surface area (TPSA) is 3.24 Å². The van der Waals surface area contributed by atoms with E-state index in [9.17, 15) is 0 Å². The van der Waals surface area contributed by atoms with Gasteiger partial charge in [-0.1, -0.05) is 74.2 Å². The van der Waals surface area contributed by atoms with Gasteiger partial charge in [0.25, 0.3) is 0 Å². The Bertz CT molecular complexity index is 357. The number of anilines is 1. The van der Waals surface area contributed by atoms with Gasteiger partial charge in [0.05, 0.1) is 0 Å². The van der Waals surface area contributed by atoms with Gasteiger partial charge in [-0.15, -0.1) is 0 Å². The zero-order chi connectivity index (χ0) is 15.6. The van der Waals surface area contributed by atoms with Crippen LogP contribution in [0.3, 0.4) is 0 Å². The predicted molar refractivity (Wildman–Crippen MR) is 99.6 cm³/mol. The van der Waals surface area contributed by atoms with Gasteiger partial charge >= 0.3 is 0 Å². The van der Waals surface area contributed by atoms with Crippen LogP contribution in [-0.4, -0.2) is 18.4 Å². The van der Waals surface area contributed by atoms with Crippen LogP contribution >= 0.6 is 15.9 Å². The average Bonchev–Trinajstić information content (AvgIpc) is 2.52. The van der Waals surface area contributed by atoms with E-state index >= 15 is 0 Å². The summed E-state index contributed by atoms with van der Waals surface area (Å²) in [5.41, 5.74) is 1.79. The SMILES string of the molecule is CCCCN(CC(CBr)(CCC)CCC)c1ccccc1. The van der Waals surface area contributed by atoms with E-state index in [1.165, 1.54) is 57.3 Å². The Morgan fingerprint density at radius 2 is 1.57 bits per heavy atom. The summed E-state index contributed by atoms with van der Waals surface area (Å²) in [6, 6.07) is 10.9. The number of alkyl halides is 1. The smallest absolute Gasteiger partial charge is 0.0366 e. The van der Waals surface area contributed by atoms with Gasteiger partial charge in [0.2, 0.25) is 0 Å². The Balaban J connectivity index is 2.90. The summed E-state index contributed by atoms with van der Waals surface area (Å²) in [6.07, 6.45) is 7.67. The van der Waals surface area contributed by atoms with Gasteiger partial charge in [-0.3, -0.25) is 0 Å². The van der Waals surface area contributed by atoms with Gasteiger partial charge < -0.3 is 4.90 Å². The molecule has 1 aromatic rings. The maximum atomic E-state index is 3.82. The molecule has 0 spiro atoms. The second kappa shape index (κ2) is 10.3. The Morgan fingerprint density at radius 3 is 2.05 bits per heavy atom. The first-order valence-corrected chi connectivity index (χ1v) is 9.69. The fourth-order valence-corrected chi connectivity index (χ4v) is 3.95. The number of para-hydroxylation sites is 1. The molecular weight excluding hydrogens is 322 g/mol. The molecule has 0 saturated heterocycles. The molecule has 0 heterocycles. The number of hydrogen-bond donors (Lipinski definition) is 0. The van der Waals surface area contributed by atoms with E-state index in [1.54, 1.807) is 0 Å². The van der Waals surface area contributed by atoms with Gasteiger partial charge in [-0.05, 0) is 36.8 Å². The van der Waals surface area contributed by atoms with Crippen molar-refractivity contribution in [3.8, 4) is 0 Å². The van der Waals surface area contributed by atoms with Crippen molar-refractivity contribution in [2.75, 3.05) is 23.3 Å². The highest BCUT2D eigenvalue weighted by Crippen LogP contribution is 2.34. The molecule has 0 N–H and O–H groups in total. The molecule has 0 atom stereocenters. The van der Waals surface area contributed by atoms with Crippen LogP contribution in [0.25, 0.3) is 0 Å².